The van der Waals surface area contributed by atoms with Crippen molar-refractivity contribution >= 4 is 17.0 Å². The summed E-state index contributed by atoms with van der Waals surface area (Å²) in [4.78, 5) is 13.1. The zero-order valence-electron chi connectivity index (χ0n) is 16.8. The van der Waals surface area contributed by atoms with Crippen LogP contribution in [0, 0.1) is 0 Å². The van der Waals surface area contributed by atoms with Crippen molar-refractivity contribution < 1.29 is 20.1 Å². The number of aromatic nitrogens is 4. The Morgan fingerprint density at radius 1 is 1.13 bits per heavy atom. The van der Waals surface area contributed by atoms with Gasteiger partial charge in [0, 0.05) is 6.04 Å². The maximum Gasteiger partial charge on any atom is 0.167 e. The lowest BCUT2D eigenvalue weighted by atomic mass is 10.0. The monoisotopic (exact) mass is 413 g/mol. The minimum absolute atomic E-state index is 0.176. The van der Waals surface area contributed by atoms with Gasteiger partial charge < -0.3 is 25.4 Å². The summed E-state index contributed by atoms with van der Waals surface area (Å²) < 4.78 is 7.19. The molecule has 0 spiro atoms. The molecule has 4 rings (SSSR count). The van der Waals surface area contributed by atoms with E-state index in [-0.39, 0.29) is 12.6 Å². The minimum atomic E-state index is -1.20. The Hall–Kier alpha value is -2.59. The fourth-order valence-corrected chi connectivity index (χ4v) is 3.92. The number of hydrogen-bond acceptors (Lipinski definition) is 8. The number of nitrogens with zero attached hydrogens (tertiary/aromatic N) is 4. The lowest BCUT2D eigenvalue weighted by molar-refractivity contribution is -0.0511. The normalized spacial score (nSPS) is 24.9. The second-order valence-corrected chi connectivity index (χ2v) is 7.59. The molecule has 1 aromatic carbocycles. The van der Waals surface area contributed by atoms with Gasteiger partial charge in [-0.3, -0.25) is 4.57 Å². The van der Waals surface area contributed by atoms with Gasteiger partial charge in [-0.15, -0.1) is 0 Å². The SMILES string of the molecule is CCC[C@@H](Cc1ccccc1)Nc1ncnc2c1ncn2[C@@H]1O[C@H](CO)[C@@H](O)[C@H]1O. The van der Waals surface area contributed by atoms with Crippen LogP contribution in [0.1, 0.15) is 31.6 Å². The van der Waals surface area contributed by atoms with Gasteiger partial charge in [-0.25, -0.2) is 15.0 Å². The molecule has 0 saturated carbocycles. The Kier molecular flexibility index (Phi) is 6.24. The van der Waals surface area contributed by atoms with Gasteiger partial charge in [-0.2, -0.15) is 0 Å². The third-order valence-corrected chi connectivity index (χ3v) is 5.45. The third-order valence-electron chi connectivity index (χ3n) is 5.45. The molecule has 4 N–H and O–H groups in total. The molecule has 1 saturated heterocycles. The molecule has 2 aromatic heterocycles. The van der Waals surface area contributed by atoms with Crippen LogP contribution < -0.4 is 5.32 Å². The fourth-order valence-electron chi connectivity index (χ4n) is 3.92. The van der Waals surface area contributed by atoms with Gasteiger partial charge in [0.05, 0.1) is 12.9 Å². The molecule has 0 bridgehead atoms. The standard InChI is InChI=1S/C21H27N5O4/c1-2-6-14(9-13-7-4-3-5-8-13)25-19-16-20(23-11-22-19)26(12-24-16)21-18(29)17(28)15(10-27)30-21/h3-5,7-8,11-12,14-15,17-18,21,27-29H,2,6,9-10H2,1H3,(H,22,23,25)/t14-,15+,17+,18+,21+/m0/s1. The highest BCUT2D eigenvalue weighted by Gasteiger charge is 2.44. The first-order chi connectivity index (χ1) is 14.6. The summed E-state index contributed by atoms with van der Waals surface area (Å²) in [7, 11) is 0. The number of rotatable bonds is 8. The molecule has 160 valence electrons. The lowest BCUT2D eigenvalue weighted by Gasteiger charge is -2.19. The van der Waals surface area contributed by atoms with Crippen molar-refractivity contribution in [2.75, 3.05) is 11.9 Å². The molecule has 0 amide bonds. The number of ether oxygens (including phenoxy) is 1. The summed E-state index contributed by atoms with van der Waals surface area (Å²) >= 11 is 0. The van der Waals surface area contributed by atoms with Crippen LogP contribution in [0.25, 0.3) is 11.2 Å². The summed E-state index contributed by atoms with van der Waals surface area (Å²) in [6.45, 7) is 1.76. The van der Waals surface area contributed by atoms with Gasteiger partial charge in [0.25, 0.3) is 0 Å². The van der Waals surface area contributed by atoms with Crippen molar-refractivity contribution in [2.45, 2.75) is 56.8 Å². The van der Waals surface area contributed by atoms with Crippen molar-refractivity contribution in [3.8, 4) is 0 Å². The van der Waals surface area contributed by atoms with Crippen LogP contribution in [0.5, 0.6) is 0 Å². The first-order valence-electron chi connectivity index (χ1n) is 10.2. The zero-order valence-corrected chi connectivity index (χ0v) is 16.8. The maximum atomic E-state index is 10.3. The molecule has 0 radical (unpaired) electrons. The second-order valence-electron chi connectivity index (χ2n) is 7.59. The number of anilines is 1. The van der Waals surface area contributed by atoms with Crippen LogP contribution in [0.2, 0.25) is 0 Å². The topological polar surface area (TPSA) is 126 Å². The van der Waals surface area contributed by atoms with Crippen LogP contribution in [-0.2, 0) is 11.2 Å². The zero-order chi connectivity index (χ0) is 21.1. The van der Waals surface area contributed by atoms with E-state index in [9.17, 15) is 15.3 Å². The maximum absolute atomic E-state index is 10.3. The van der Waals surface area contributed by atoms with Crippen LogP contribution in [-0.4, -0.2) is 65.8 Å². The van der Waals surface area contributed by atoms with E-state index in [1.807, 2.05) is 18.2 Å². The fraction of sp³-hybridized carbons (Fsp3) is 0.476. The van der Waals surface area contributed by atoms with E-state index in [1.54, 1.807) is 4.57 Å². The molecule has 3 heterocycles. The molecule has 1 aliphatic heterocycles. The van der Waals surface area contributed by atoms with Crippen molar-refractivity contribution in [2.24, 2.45) is 0 Å². The van der Waals surface area contributed by atoms with Crippen LogP contribution in [0.3, 0.4) is 0 Å². The Bertz CT molecular complexity index is 966. The predicted octanol–water partition coefficient (Wildman–Crippen LogP) is 1.26. The largest absolute Gasteiger partial charge is 0.394 e. The number of benzene rings is 1. The molecule has 3 aromatic rings. The number of imidazole rings is 1. The van der Waals surface area contributed by atoms with Crippen LogP contribution in [0.15, 0.2) is 43.0 Å². The number of fused-ring (bicyclic) bond motifs is 1. The highest BCUT2D eigenvalue weighted by molar-refractivity contribution is 5.82. The number of aliphatic hydroxyl groups excluding tert-OH is 3. The van der Waals surface area contributed by atoms with Gasteiger partial charge in [-0.05, 0) is 18.4 Å². The smallest absolute Gasteiger partial charge is 0.167 e. The second kappa shape index (κ2) is 9.05. The number of nitrogens with one attached hydrogen (secondary N) is 1. The average molecular weight is 413 g/mol. The van der Waals surface area contributed by atoms with Gasteiger partial charge in [0.2, 0.25) is 0 Å². The van der Waals surface area contributed by atoms with E-state index < -0.39 is 24.5 Å². The van der Waals surface area contributed by atoms with E-state index in [0.717, 1.165) is 19.3 Å². The summed E-state index contributed by atoms with van der Waals surface area (Å²) in [5.74, 6) is 0.611. The highest BCUT2D eigenvalue weighted by atomic mass is 16.6. The predicted molar refractivity (Wildman–Crippen MR) is 111 cm³/mol. The molecule has 5 atom stereocenters. The van der Waals surface area contributed by atoms with Crippen LogP contribution >= 0.6 is 0 Å². The number of aliphatic hydroxyl groups is 3. The summed E-state index contributed by atoms with van der Waals surface area (Å²) in [6.07, 6.45) is 1.67. The first kappa shape index (κ1) is 20.7. The Labute approximate surface area is 174 Å². The van der Waals surface area contributed by atoms with Gasteiger partial charge in [-0.1, -0.05) is 43.7 Å². The lowest BCUT2D eigenvalue weighted by Crippen LogP contribution is -2.33. The first-order valence-corrected chi connectivity index (χ1v) is 10.2. The van der Waals surface area contributed by atoms with Crippen molar-refractivity contribution in [3.05, 3.63) is 48.5 Å². The van der Waals surface area contributed by atoms with Crippen molar-refractivity contribution in [3.63, 3.8) is 0 Å². The van der Waals surface area contributed by atoms with E-state index in [2.05, 4.69) is 39.3 Å². The van der Waals surface area contributed by atoms with E-state index in [0.29, 0.717) is 17.0 Å². The van der Waals surface area contributed by atoms with Crippen LogP contribution in [0.4, 0.5) is 5.82 Å². The molecule has 9 heteroatoms. The molecular formula is C21H27N5O4. The Morgan fingerprint density at radius 2 is 1.93 bits per heavy atom. The molecule has 9 nitrogen and oxygen atoms in total. The van der Waals surface area contributed by atoms with Crippen molar-refractivity contribution in [1.82, 2.24) is 19.5 Å². The van der Waals surface area contributed by atoms with E-state index in [1.165, 1.54) is 18.2 Å². The van der Waals surface area contributed by atoms with Crippen molar-refractivity contribution in [1.29, 1.82) is 0 Å². The van der Waals surface area contributed by atoms with Gasteiger partial charge in [0.1, 0.15) is 24.6 Å². The summed E-state index contributed by atoms with van der Waals surface area (Å²) in [5.41, 5.74) is 2.28. The number of hydrogen-bond donors (Lipinski definition) is 4. The quantitative estimate of drug-likeness (QED) is 0.435. The van der Waals surface area contributed by atoms with E-state index >= 15 is 0 Å². The van der Waals surface area contributed by atoms with Gasteiger partial charge >= 0.3 is 0 Å². The highest BCUT2D eigenvalue weighted by Crippen LogP contribution is 2.32. The molecule has 1 aliphatic rings. The Morgan fingerprint density at radius 3 is 2.63 bits per heavy atom. The van der Waals surface area contributed by atoms with Gasteiger partial charge in [0.15, 0.2) is 23.2 Å². The minimum Gasteiger partial charge on any atom is -0.394 e. The Balaban J connectivity index is 1.60. The summed E-state index contributed by atoms with van der Waals surface area (Å²) in [5, 5.41) is 33.2. The van der Waals surface area contributed by atoms with E-state index in [4.69, 9.17) is 4.74 Å². The molecule has 1 fully saturated rings. The molecular weight excluding hydrogens is 386 g/mol. The third kappa shape index (κ3) is 4.01. The summed E-state index contributed by atoms with van der Waals surface area (Å²) in [6, 6.07) is 10.5. The molecule has 0 unspecified atom stereocenters. The molecule has 0 aliphatic carbocycles. The molecule has 30 heavy (non-hydrogen) atoms. The average Bonchev–Trinajstić information content (AvgIpc) is 3.31.